The summed E-state index contributed by atoms with van der Waals surface area (Å²) in [4.78, 5) is 4.73. The minimum Gasteiger partial charge on any atom is -0.236 e. The third-order valence-electron chi connectivity index (χ3n) is 3.62. The molecule has 0 spiro atoms. The van der Waals surface area contributed by atoms with Gasteiger partial charge >= 0.3 is 0 Å². The number of para-hydroxylation sites is 1. The number of fused-ring (bicyclic) bond motifs is 1. The number of benzene rings is 3. The van der Waals surface area contributed by atoms with E-state index in [-0.39, 0.29) is 0 Å². The van der Waals surface area contributed by atoms with Crippen LogP contribution < -0.4 is 0 Å². The third kappa shape index (κ3) is 3.05. The highest BCUT2D eigenvalue weighted by molar-refractivity contribution is 9.10. The van der Waals surface area contributed by atoms with E-state index in [4.69, 9.17) is 16.6 Å². The Morgan fingerprint density at radius 1 is 0.826 bits per heavy atom. The molecule has 23 heavy (non-hydrogen) atoms. The van der Waals surface area contributed by atoms with Gasteiger partial charge in [-0.15, -0.1) is 11.3 Å². The Hall–Kier alpha value is -1.68. The number of halogens is 2. The smallest absolute Gasteiger partial charge is 0.124 e. The van der Waals surface area contributed by atoms with E-state index >= 15 is 0 Å². The van der Waals surface area contributed by atoms with Gasteiger partial charge < -0.3 is 0 Å². The molecule has 0 aliphatic carbocycles. The second-order valence-electron chi connectivity index (χ2n) is 5.22. The molecule has 1 aromatic heterocycles. The predicted molar refractivity (Wildman–Crippen MR) is 103 cm³/mol. The molecular formula is C19H11BrClNS. The highest BCUT2D eigenvalue weighted by Gasteiger charge is 2.09. The van der Waals surface area contributed by atoms with Gasteiger partial charge in [-0.05, 0) is 53.6 Å². The Morgan fingerprint density at radius 2 is 1.57 bits per heavy atom. The Labute approximate surface area is 151 Å². The highest BCUT2D eigenvalue weighted by atomic mass is 79.9. The van der Waals surface area contributed by atoms with E-state index in [9.17, 15) is 0 Å². The first-order valence-corrected chi connectivity index (χ1v) is 9.10. The average molecular weight is 401 g/mol. The van der Waals surface area contributed by atoms with Crippen molar-refractivity contribution in [2.45, 2.75) is 0 Å². The maximum absolute atomic E-state index is 6.35. The molecule has 0 radical (unpaired) electrons. The van der Waals surface area contributed by atoms with Gasteiger partial charge in [0.1, 0.15) is 5.01 Å². The zero-order chi connectivity index (χ0) is 15.8. The fraction of sp³-hybridized carbons (Fsp3) is 0. The molecule has 0 fully saturated rings. The van der Waals surface area contributed by atoms with Crippen LogP contribution >= 0.6 is 38.9 Å². The molecule has 1 nitrogen and oxygen atoms in total. The Kier molecular flexibility index (Phi) is 3.93. The quantitative estimate of drug-likeness (QED) is 0.351. The van der Waals surface area contributed by atoms with E-state index in [1.807, 2.05) is 42.5 Å². The molecule has 112 valence electrons. The Morgan fingerprint density at radius 3 is 2.35 bits per heavy atom. The molecule has 0 amide bonds. The molecular weight excluding hydrogens is 390 g/mol. The van der Waals surface area contributed by atoms with Crippen molar-refractivity contribution >= 4 is 49.1 Å². The zero-order valence-corrected chi connectivity index (χ0v) is 15.1. The van der Waals surface area contributed by atoms with Crippen LogP contribution in [0.15, 0.2) is 71.2 Å². The van der Waals surface area contributed by atoms with Crippen molar-refractivity contribution in [2.75, 3.05) is 0 Å². The summed E-state index contributed by atoms with van der Waals surface area (Å²) >= 11 is 11.5. The van der Waals surface area contributed by atoms with Gasteiger partial charge in [0.2, 0.25) is 0 Å². The van der Waals surface area contributed by atoms with Gasteiger partial charge in [0.05, 0.1) is 10.2 Å². The van der Waals surface area contributed by atoms with E-state index < -0.39 is 0 Å². The normalized spacial score (nSPS) is 11.0. The lowest BCUT2D eigenvalue weighted by atomic mass is 10.0. The molecule has 3 aromatic carbocycles. The molecule has 0 N–H and O–H groups in total. The van der Waals surface area contributed by atoms with Crippen LogP contribution in [-0.4, -0.2) is 4.98 Å². The Balaban J connectivity index is 1.84. The van der Waals surface area contributed by atoms with Gasteiger partial charge in [-0.2, -0.15) is 0 Å². The fourth-order valence-electron chi connectivity index (χ4n) is 2.52. The molecule has 4 aromatic rings. The van der Waals surface area contributed by atoms with E-state index in [1.165, 1.54) is 4.70 Å². The number of aromatic nitrogens is 1. The van der Waals surface area contributed by atoms with Gasteiger partial charge in [0.15, 0.2) is 0 Å². The van der Waals surface area contributed by atoms with E-state index in [2.05, 4.69) is 40.2 Å². The lowest BCUT2D eigenvalue weighted by molar-refractivity contribution is 1.47. The maximum Gasteiger partial charge on any atom is 0.124 e. The molecule has 4 rings (SSSR count). The molecule has 0 aliphatic heterocycles. The topological polar surface area (TPSA) is 12.9 Å². The number of hydrogen-bond donors (Lipinski definition) is 0. The van der Waals surface area contributed by atoms with Crippen LogP contribution in [0.3, 0.4) is 0 Å². The van der Waals surface area contributed by atoms with Crippen molar-refractivity contribution < 1.29 is 0 Å². The Bertz CT molecular complexity index is 959. The van der Waals surface area contributed by atoms with Crippen LogP contribution in [0.4, 0.5) is 0 Å². The zero-order valence-electron chi connectivity index (χ0n) is 12.0. The summed E-state index contributed by atoms with van der Waals surface area (Å²) in [6, 6.07) is 22.5. The van der Waals surface area contributed by atoms with Crippen molar-refractivity contribution in [2.24, 2.45) is 0 Å². The SMILES string of the molecule is Clc1cc(-c2ccc(Br)cc2)cc(-c2nc3ccccc3s2)c1. The third-order valence-corrected chi connectivity index (χ3v) is 5.45. The summed E-state index contributed by atoms with van der Waals surface area (Å²) in [5, 5.41) is 1.71. The van der Waals surface area contributed by atoms with Crippen LogP contribution in [0.5, 0.6) is 0 Å². The second kappa shape index (κ2) is 6.08. The minimum absolute atomic E-state index is 0.722. The van der Waals surface area contributed by atoms with E-state index in [0.717, 1.165) is 36.7 Å². The van der Waals surface area contributed by atoms with Crippen LogP contribution in [0, 0.1) is 0 Å². The van der Waals surface area contributed by atoms with Crippen molar-refractivity contribution in [3.05, 3.63) is 76.2 Å². The number of thiazole rings is 1. The molecule has 0 saturated carbocycles. The number of rotatable bonds is 2. The van der Waals surface area contributed by atoms with Gasteiger partial charge in [-0.25, -0.2) is 4.98 Å². The van der Waals surface area contributed by atoms with E-state index in [0.29, 0.717) is 0 Å². The summed E-state index contributed by atoms with van der Waals surface area (Å²) in [6.07, 6.45) is 0. The van der Waals surface area contributed by atoms with Gasteiger partial charge in [-0.3, -0.25) is 0 Å². The highest BCUT2D eigenvalue weighted by Crippen LogP contribution is 2.34. The number of hydrogen-bond acceptors (Lipinski definition) is 2. The summed E-state index contributed by atoms with van der Waals surface area (Å²) in [5.74, 6) is 0. The summed E-state index contributed by atoms with van der Waals surface area (Å²) in [5.41, 5.74) is 4.31. The van der Waals surface area contributed by atoms with Crippen molar-refractivity contribution in [3.8, 4) is 21.7 Å². The van der Waals surface area contributed by atoms with Crippen LogP contribution in [-0.2, 0) is 0 Å². The molecule has 0 saturated heterocycles. The standard InChI is InChI=1S/C19H11BrClNS/c20-15-7-5-12(6-8-15)13-9-14(11-16(21)10-13)19-22-17-3-1-2-4-18(17)23-19/h1-11H. The lowest BCUT2D eigenvalue weighted by Gasteiger charge is -2.06. The first kappa shape index (κ1) is 14.9. The number of nitrogens with zero attached hydrogens (tertiary/aromatic N) is 1. The summed E-state index contributed by atoms with van der Waals surface area (Å²) in [7, 11) is 0. The van der Waals surface area contributed by atoms with Crippen molar-refractivity contribution in [1.29, 1.82) is 0 Å². The minimum atomic E-state index is 0.722. The lowest BCUT2D eigenvalue weighted by Crippen LogP contribution is -1.82. The molecule has 0 bridgehead atoms. The van der Waals surface area contributed by atoms with Gasteiger partial charge in [0.25, 0.3) is 0 Å². The molecule has 4 heteroatoms. The predicted octanol–water partition coefficient (Wildman–Crippen LogP) is 7.05. The van der Waals surface area contributed by atoms with Crippen LogP contribution in [0.25, 0.3) is 31.9 Å². The molecule has 0 atom stereocenters. The molecule has 0 unspecified atom stereocenters. The van der Waals surface area contributed by atoms with Crippen LogP contribution in [0.1, 0.15) is 0 Å². The van der Waals surface area contributed by atoms with E-state index in [1.54, 1.807) is 11.3 Å². The average Bonchev–Trinajstić information content (AvgIpc) is 2.99. The molecule has 1 heterocycles. The summed E-state index contributed by atoms with van der Waals surface area (Å²) in [6.45, 7) is 0. The molecule has 0 aliphatic rings. The van der Waals surface area contributed by atoms with Gasteiger partial charge in [-0.1, -0.05) is 51.8 Å². The van der Waals surface area contributed by atoms with Crippen molar-refractivity contribution in [3.63, 3.8) is 0 Å². The monoisotopic (exact) mass is 399 g/mol. The largest absolute Gasteiger partial charge is 0.236 e. The first-order valence-electron chi connectivity index (χ1n) is 7.11. The first-order chi connectivity index (χ1) is 11.2. The van der Waals surface area contributed by atoms with Crippen molar-refractivity contribution in [1.82, 2.24) is 4.98 Å². The maximum atomic E-state index is 6.35. The second-order valence-corrected chi connectivity index (χ2v) is 7.60. The van der Waals surface area contributed by atoms with Crippen LogP contribution in [0.2, 0.25) is 5.02 Å². The fourth-order valence-corrected chi connectivity index (χ4v) is 3.97. The summed E-state index contributed by atoms with van der Waals surface area (Å²) < 4.78 is 2.25. The van der Waals surface area contributed by atoms with Gasteiger partial charge in [0, 0.05) is 15.1 Å².